The normalized spacial score (nSPS) is 32.7. The van der Waals surface area contributed by atoms with Crippen LogP contribution in [0, 0.1) is 40.4 Å². The fourth-order valence-electron chi connectivity index (χ4n) is 9.23. The lowest BCUT2D eigenvalue weighted by atomic mass is 9.43. The molecule has 2 unspecified atom stereocenters. The zero-order valence-corrected chi connectivity index (χ0v) is 29.2. The fourth-order valence-corrected chi connectivity index (χ4v) is 9.23. The van der Waals surface area contributed by atoms with Gasteiger partial charge >= 0.3 is 13.2 Å². The first-order valence-corrected chi connectivity index (χ1v) is 17.7. The maximum absolute atomic E-state index is 14.0. The van der Waals surface area contributed by atoms with Crippen molar-refractivity contribution in [1.82, 2.24) is 15.1 Å². The molecule has 12 heteroatoms. The molecule has 1 aromatic rings. The van der Waals surface area contributed by atoms with Crippen LogP contribution in [0.5, 0.6) is 0 Å². The maximum Gasteiger partial charge on any atom is 0.482 e. The lowest BCUT2D eigenvalue weighted by Gasteiger charge is -2.64. The predicted octanol–water partition coefficient (Wildman–Crippen LogP) is 5.48. The molecule has 3 saturated carbocycles. The van der Waals surface area contributed by atoms with Crippen LogP contribution in [0.1, 0.15) is 79.2 Å². The van der Waals surface area contributed by atoms with Gasteiger partial charge in [0.25, 0.3) is 5.92 Å². The van der Waals surface area contributed by atoms with Crippen LogP contribution < -0.4 is 5.32 Å². The SMILES string of the molecule is CC(C(C#N)C(=O)N1CCC[C@@H](OC(=O)N[C@@H](Cc2ccccc2)B2O[C@@H]3C[C@@H]4C[C@@H](C4(C)C)[C@]3(C)O2)C1)C(C)(C)N1CCC(F)(F)C1. The molecule has 0 aromatic heterocycles. The fraction of sp³-hybridized carbons (Fsp3) is 0.750. The number of amides is 2. The molecule has 7 rings (SSSR count). The quantitative estimate of drug-likeness (QED) is 0.348. The number of piperidine rings is 1. The molecule has 1 aromatic carbocycles. The van der Waals surface area contributed by atoms with E-state index in [1.54, 1.807) is 16.7 Å². The van der Waals surface area contributed by atoms with Gasteiger partial charge in [-0.05, 0) is 81.6 Å². The smallest absolute Gasteiger partial charge is 0.444 e. The molecule has 1 N–H and O–H groups in total. The van der Waals surface area contributed by atoms with Crippen molar-refractivity contribution in [1.29, 1.82) is 5.26 Å². The highest BCUT2D eigenvalue weighted by atomic mass is 19.3. The lowest BCUT2D eigenvalue weighted by molar-refractivity contribution is -0.199. The van der Waals surface area contributed by atoms with Crippen LogP contribution in [0.2, 0.25) is 0 Å². The number of nitrogens with one attached hydrogen (secondary N) is 1. The van der Waals surface area contributed by atoms with Gasteiger partial charge in [-0.1, -0.05) is 51.1 Å². The van der Waals surface area contributed by atoms with Crippen LogP contribution in [-0.2, 0) is 25.3 Å². The molecule has 3 heterocycles. The average Bonchev–Trinajstić information content (AvgIpc) is 3.60. The van der Waals surface area contributed by atoms with E-state index in [-0.39, 0.29) is 43.5 Å². The number of hydrogen-bond donors (Lipinski definition) is 1. The van der Waals surface area contributed by atoms with Gasteiger partial charge in [0.15, 0.2) is 0 Å². The summed E-state index contributed by atoms with van der Waals surface area (Å²) in [6.45, 7) is 12.7. The molecular formula is C36H51BF2N4O5. The summed E-state index contributed by atoms with van der Waals surface area (Å²) in [6.07, 6.45) is 2.33. The standard InChI is InChI=1S/C36H51BF2N4O5/c1-23(34(4,5)43-16-14-36(38,39)22-43)27(20-40)31(44)42-15-10-13-26(21-42)46-32(45)41-30(17-24-11-8-7-9-12-24)37-47-29-19-25-18-28(33(25,2)3)35(29,6)48-37/h7-9,11-12,23,25-30H,10,13-19,21-22H2,1-6H3,(H,41,45)/t23?,25-,26+,27?,28-,29+,30-,35-/m0/s1. The number of nitriles is 1. The van der Waals surface area contributed by atoms with Crippen molar-refractivity contribution in [2.24, 2.45) is 29.1 Å². The minimum atomic E-state index is -2.77. The van der Waals surface area contributed by atoms with Crippen LogP contribution in [-0.4, -0.2) is 90.3 Å². The van der Waals surface area contributed by atoms with Gasteiger partial charge in [-0.3, -0.25) is 9.69 Å². The molecule has 2 bridgehead atoms. The number of halogens is 2. The van der Waals surface area contributed by atoms with Crippen LogP contribution in [0.4, 0.5) is 13.6 Å². The lowest BCUT2D eigenvalue weighted by Crippen LogP contribution is -2.65. The van der Waals surface area contributed by atoms with Crippen LogP contribution in [0.25, 0.3) is 0 Å². The molecule has 8 atom stereocenters. The topological polar surface area (TPSA) is 104 Å². The minimum Gasteiger partial charge on any atom is -0.444 e. The Kier molecular flexibility index (Phi) is 9.40. The molecule has 2 amide bonds. The Labute approximate surface area is 284 Å². The number of alkyl carbamates (subject to hydrolysis) is 1. The van der Waals surface area contributed by atoms with Gasteiger partial charge in [-0.2, -0.15) is 5.26 Å². The zero-order chi connectivity index (χ0) is 34.6. The van der Waals surface area contributed by atoms with Gasteiger partial charge in [-0.15, -0.1) is 0 Å². The number of likely N-dealkylation sites (tertiary alicyclic amines) is 2. The van der Waals surface area contributed by atoms with Crippen molar-refractivity contribution >= 4 is 19.1 Å². The first-order valence-electron chi connectivity index (χ1n) is 17.7. The third-order valence-electron chi connectivity index (χ3n) is 12.9. The third-order valence-corrected chi connectivity index (χ3v) is 12.9. The largest absolute Gasteiger partial charge is 0.482 e. The predicted molar refractivity (Wildman–Crippen MR) is 177 cm³/mol. The van der Waals surface area contributed by atoms with Gasteiger partial charge in [0, 0.05) is 25.0 Å². The maximum atomic E-state index is 14.0. The van der Waals surface area contributed by atoms with E-state index < -0.39 is 54.2 Å². The van der Waals surface area contributed by atoms with Crippen molar-refractivity contribution in [3.05, 3.63) is 35.9 Å². The highest BCUT2D eigenvalue weighted by molar-refractivity contribution is 6.47. The molecule has 0 radical (unpaired) electrons. The Bertz CT molecular complexity index is 1410. The number of carbonyl (C=O) groups is 2. The summed E-state index contributed by atoms with van der Waals surface area (Å²) >= 11 is 0. The van der Waals surface area contributed by atoms with Gasteiger partial charge in [0.05, 0.1) is 36.8 Å². The van der Waals surface area contributed by atoms with Gasteiger partial charge in [0.1, 0.15) is 12.0 Å². The molecule has 3 aliphatic carbocycles. The van der Waals surface area contributed by atoms with E-state index in [0.29, 0.717) is 37.6 Å². The van der Waals surface area contributed by atoms with Crippen LogP contribution in [0.3, 0.4) is 0 Å². The number of ether oxygens (including phenoxy) is 1. The summed E-state index contributed by atoms with van der Waals surface area (Å²) in [6, 6.07) is 12.1. The average molecular weight is 669 g/mol. The van der Waals surface area contributed by atoms with E-state index in [0.717, 1.165) is 18.4 Å². The van der Waals surface area contributed by atoms with Gasteiger partial charge in [-0.25, -0.2) is 13.6 Å². The van der Waals surface area contributed by atoms with Crippen molar-refractivity contribution in [3.8, 4) is 6.07 Å². The Morgan fingerprint density at radius 1 is 1.19 bits per heavy atom. The number of hydrogen-bond acceptors (Lipinski definition) is 7. The molecule has 3 saturated heterocycles. The molecule has 6 aliphatic rings. The van der Waals surface area contributed by atoms with Gasteiger partial charge in [0.2, 0.25) is 5.91 Å². The molecule has 262 valence electrons. The molecule has 48 heavy (non-hydrogen) atoms. The van der Waals surface area contributed by atoms with E-state index in [9.17, 15) is 23.6 Å². The minimum absolute atomic E-state index is 0.0318. The molecule has 3 aliphatic heterocycles. The Morgan fingerprint density at radius 3 is 2.56 bits per heavy atom. The van der Waals surface area contributed by atoms with E-state index in [1.807, 2.05) is 44.2 Å². The first kappa shape index (κ1) is 35.1. The van der Waals surface area contributed by atoms with Crippen molar-refractivity contribution < 1.29 is 32.4 Å². The Balaban J connectivity index is 1.09. The number of carbonyl (C=O) groups excluding carboxylic acids is 2. The second-order valence-electron chi connectivity index (χ2n) is 16.3. The van der Waals surface area contributed by atoms with E-state index in [4.69, 9.17) is 14.0 Å². The Hall–Kier alpha value is -2.75. The third kappa shape index (κ3) is 6.47. The molecule has 9 nitrogen and oxygen atoms in total. The monoisotopic (exact) mass is 668 g/mol. The summed E-state index contributed by atoms with van der Waals surface area (Å²) in [5, 5.41) is 13.2. The summed E-state index contributed by atoms with van der Waals surface area (Å²) in [5.74, 6) is -4.15. The summed E-state index contributed by atoms with van der Waals surface area (Å²) < 4.78 is 47.3. The van der Waals surface area contributed by atoms with Gasteiger partial charge < -0.3 is 24.3 Å². The zero-order valence-electron chi connectivity index (χ0n) is 29.2. The molecular weight excluding hydrogens is 617 g/mol. The van der Waals surface area contributed by atoms with Crippen LogP contribution >= 0.6 is 0 Å². The number of rotatable bonds is 9. The van der Waals surface area contributed by atoms with Crippen molar-refractivity contribution in [2.45, 2.75) is 115 Å². The van der Waals surface area contributed by atoms with Crippen molar-refractivity contribution in [3.63, 3.8) is 0 Å². The Morgan fingerprint density at radius 2 is 1.92 bits per heavy atom. The second-order valence-corrected chi connectivity index (χ2v) is 16.3. The van der Waals surface area contributed by atoms with Crippen LogP contribution in [0.15, 0.2) is 30.3 Å². The van der Waals surface area contributed by atoms with E-state index in [1.165, 1.54) is 0 Å². The number of alkyl halides is 2. The summed E-state index contributed by atoms with van der Waals surface area (Å²) in [4.78, 5) is 30.5. The van der Waals surface area contributed by atoms with E-state index in [2.05, 4.69) is 32.2 Å². The summed E-state index contributed by atoms with van der Waals surface area (Å²) in [7, 11) is -0.635. The number of nitrogens with zero attached hydrogens (tertiary/aromatic N) is 3. The summed E-state index contributed by atoms with van der Waals surface area (Å²) in [5.41, 5.74) is 0.0126. The molecule has 6 fully saturated rings. The number of benzene rings is 1. The second kappa shape index (κ2) is 12.9. The van der Waals surface area contributed by atoms with Crippen molar-refractivity contribution in [2.75, 3.05) is 26.2 Å². The first-order chi connectivity index (χ1) is 22.5. The highest BCUT2D eigenvalue weighted by Crippen LogP contribution is 2.65. The highest BCUT2D eigenvalue weighted by Gasteiger charge is 2.68. The van der Waals surface area contributed by atoms with E-state index >= 15 is 0 Å². The molecule has 0 spiro atoms.